The van der Waals surface area contributed by atoms with Gasteiger partial charge in [-0.15, -0.1) is 35.3 Å². The first kappa shape index (κ1) is 18.9. The number of primary sulfonamides is 1. The molecular weight excluding hydrogens is 439 g/mol. The summed E-state index contributed by atoms with van der Waals surface area (Å²) in [6.45, 7) is 0.970. The molecule has 2 heterocycles. The minimum atomic E-state index is -3.63. The van der Waals surface area contributed by atoms with Crippen LogP contribution in [0.3, 0.4) is 0 Å². The lowest BCUT2D eigenvalue weighted by Gasteiger charge is -2.09. The Morgan fingerprint density at radius 2 is 2.05 bits per heavy atom. The minimum Gasteiger partial charge on any atom is -0.467 e. The maximum Gasteiger partial charge on any atom is 0.247 e. The lowest BCUT2D eigenvalue weighted by atomic mass is 10.4. The van der Waals surface area contributed by atoms with Crippen LogP contribution < -0.4 is 15.8 Å². The Balaban J connectivity index is 0.00000242. The van der Waals surface area contributed by atoms with Gasteiger partial charge in [0.2, 0.25) is 10.0 Å². The first-order chi connectivity index (χ1) is 9.99. The van der Waals surface area contributed by atoms with Crippen molar-refractivity contribution in [1.82, 2.24) is 10.6 Å². The second kappa shape index (κ2) is 8.50. The highest BCUT2D eigenvalue weighted by atomic mass is 127. The summed E-state index contributed by atoms with van der Waals surface area (Å²) in [5, 5.41) is 11.2. The highest BCUT2D eigenvalue weighted by Gasteiger charge is 2.11. The van der Waals surface area contributed by atoms with Crippen molar-refractivity contribution in [1.29, 1.82) is 0 Å². The normalized spacial score (nSPS) is 11.8. The number of nitrogens with zero attached hydrogens (tertiary/aromatic N) is 1. The van der Waals surface area contributed by atoms with Gasteiger partial charge in [0.05, 0.1) is 19.4 Å². The van der Waals surface area contributed by atoms with Crippen LogP contribution in [0.5, 0.6) is 0 Å². The van der Waals surface area contributed by atoms with Crippen LogP contribution in [0.4, 0.5) is 0 Å². The predicted molar refractivity (Wildman–Crippen MR) is 96.9 cm³/mol. The van der Waals surface area contributed by atoms with Crippen LogP contribution in [0.2, 0.25) is 0 Å². The van der Waals surface area contributed by atoms with E-state index < -0.39 is 10.0 Å². The van der Waals surface area contributed by atoms with Gasteiger partial charge in [0.25, 0.3) is 0 Å². The number of rotatable bonds is 5. The van der Waals surface area contributed by atoms with E-state index in [4.69, 9.17) is 9.56 Å². The summed E-state index contributed by atoms with van der Waals surface area (Å²) in [4.78, 5) is 4.92. The lowest BCUT2D eigenvalue weighted by molar-refractivity contribution is 0.501. The van der Waals surface area contributed by atoms with Crippen molar-refractivity contribution in [3.63, 3.8) is 0 Å². The highest BCUT2D eigenvalue weighted by Crippen LogP contribution is 2.19. The molecule has 0 unspecified atom stereocenters. The van der Waals surface area contributed by atoms with Gasteiger partial charge < -0.3 is 15.1 Å². The van der Waals surface area contributed by atoms with Crippen molar-refractivity contribution in [3.8, 4) is 0 Å². The molecule has 2 aromatic heterocycles. The van der Waals surface area contributed by atoms with Gasteiger partial charge in [-0.1, -0.05) is 0 Å². The van der Waals surface area contributed by atoms with Crippen LogP contribution in [0, 0.1) is 0 Å². The van der Waals surface area contributed by atoms with E-state index in [0.717, 1.165) is 22.0 Å². The number of aliphatic imine (C=N–C) groups is 1. The van der Waals surface area contributed by atoms with E-state index in [0.29, 0.717) is 19.0 Å². The highest BCUT2D eigenvalue weighted by molar-refractivity contribution is 14.0. The van der Waals surface area contributed by atoms with E-state index in [1.165, 1.54) is 6.07 Å². The van der Waals surface area contributed by atoms with E-state index in [1.54, 1.807) is 19.4 Å². The molecule has 0 amide bonds. The van der Waals surface area contributed by atoms with Crippen molar-refractivity contribution in [3.05, 3.63) is 41.2 Å². The van der Waals surface area contributed by atoms with Crippen molar-refractivity contribution in [2.45, 2.75) is 17.3 Å². The molecule has 22 heavy (non-hydrogen) atoms. The Morgan fingerprint density at radius 3 is 2.59 bits per heavy atom. The van der Waals surface area contributed by atoms with Gasteiger partial charge in [-0.2, -0.15) is 0 Å². The standard InChI is InChI=1S/C12H16N4O3S2.HI/c1-14-12(15-7-9-3-2-6-19-9)16-8-10-4-5-11(20-10)21(13,17)18;/h2-6H,7-8H2,1H3,(H2,13,17,18)(H2,14,15,16);1H. The molecule has 2 rings (SSSR count). The summed E-state index contributed by atoms with van der Waals surface area (Å²) in [5.41, 5.74) is 0. The number of nitrogens with one attached hydrogen (secondary N) is 2. The smallest absolute Gasteiger partial charge is 0.247 e. The SMILES string of the molecule is CN=C(NCc1ccco1)NCc1ccc(S(N)(=O)=O)s1.I. The minimum absolute atomic E-state index is 0. The number of hydrogen-bond acceptors (Lipinski definition) is 5. The number of halogens is 1. The summed E-state index contributed by atoms with van der Waals surface area (Å²) < 4.78 is 27.8. The molecule has 0 aliphatic carbocycles. The van der Waals surface area contributed by atoms with Crippen LogP contribution in [0.1, 0.15) is 10.6 Å². The summed E-state index contributed by atoms with van der Waals surface area (Å²) in [6.07, 6.45) is 1.60. The first-order valence-electron chi connectivity index (χ1n) is 6.07. The van der Waals surface area contributed by atoms with E-state index in [1.807, 2.05) is 12.1 Å². The van der Waals surface area contributed by atoms with E-state index in [2.05, 4.69) is 15.6 Å². The van der Waals surface area contributed by atoms with Gasteiger partial charge in [-0.05, 0) is 24.3 Å². The zero-order valence-corrected chi connectivity index (χ0v) is 15.7. The van der Waals surface area contributed by atoms with Crippen LogP contribution in [0.15, 0.2) is 44.1 Å². The van der Waals surface area contributed by atoms with Gasteiger partial charge in [-0.3, -0.25) is 4.99 Å². The van der Waals surface area contributed by atoms with Crippen molar-refractivity contribution in [2.75, 3.05) is 7.05 Å². The monoisotopic (exact) mass is 456 g/mol. The second-order valence-corrected chi connectivity index (χ2v) is 7.08. The molecule has 10 heteroatoms. The Hall–Kier alpha value is -1.11. The number of thiophene rings is 1. The molecule has 0 radical (unpaired) electrons. The molecule has 0 fully saturated rings. The summed E-state index contributed by atoms with van der Waals surface area (Å²) in [5.74, 6) is 1.39. The Kier molecular flexibility index (Phi) is 7.32. The maximum absolute atomic E-state index is 11.2. The average Bonchev–Trinajstić information content (AvgIpc) is 3.09. The summed E-state index contributed by atoms with van der Waals surface area (Å²) in [7, 11) is -1.98. The number of hydrogen-bond donors (Lipinski definition) is 3. The number of sulfonamides is 1. The Bertz CT molecular complexity index is 711. The van der Waals surface area contributed by atoms with Crippen LogP contribution in [-0.4, -0.2) is 21.4 Å². The van der Waals surface area contributed by atoms with Crippen LogP contribution >= 0.6 is 35.3 Å². The average molecular weight is 456 g/mol. The van der Waals surface area contributed by atoms with Gasteiger partial charge >= 0.3 is 0 Å². The predicted octanol–water partition coefficient (Wildman–Crippen LogP) is 1.47. The molecule has 0 aliphatic rings. The van der Waals surface area contributed by atoms with Crippen molar-refractivity contribution >= 4 is 51.3 Å². The molecule has 4 N–H and O–H groups in total. The second-order valence-electron chi connectivity index (χ2n) is 4.12. The Labute approximate surface area is 150 Å². The molecule has 0 aromatic carbocycles. The molecule has 0 saturated heterocycles. The topological polar surface area (TPSA) is 110 Å². The molecule has 0 aliphatic heterocycles. The molecule has 0 atom stereocenters. The molecule has 0 bridgehead atoms. The van der Waals surface area contributed by atoms with Crippen LogP contribution in [-0.2, 0) is 23.1 Å². The largest absolute Gasteiger partial charge is 0.467 e. The molecule has 122 valence electrons. The fraction of sp³-hybridized carbons (Fsp3) is 0.250. The van der Waals surface area contributed by atoms with Crippen molar-refractivity contribution in [2.24, 2.45) is 10.1 Å². The lowest BCUT2D eigenvalue weighted by Crippen LogP contribution is -2.36. The number of furan rings is 1. The zero-order chi connectivity index (χ0) is 15.3. The van der Waals surface area contributed by atoms with Crippen LogP contribution in [0.25, 0.3) is 0 Å². The fourth-order valence-electron chi connectivity index (χ4n) is 1.58. The molecule has 7 nitrogen and oxygen atoms in total. The zero-order valence-electron chi connectivity index (χ0n) is 11.8. The molecular formula is C12H17IN4O3S2. The summed E-state index contributed by atoms with van der Waals surface area (Å²) >= 11 is 1.13. The number of nitrogens with two attached hydrogens (primary N) is 1. The third-order valence-corrected chi connectivity index (χ3v) is 5.10. The van der Waals surface area contributed by atoms with Gasteiger partial charge in [-0.25, -0.2) is 13.6 Å². The van der Waals surface area contributed by atoms with Gasteiger partial charge in [0, 0.05) is 11.9 Å². The number of guanidine groups is 1. The van der Waals surface area contributed by atoms with Gasteiger partial charge in [0.15, 0.2) is 5.96 Å². The fourth-order valence-corrected chi connectivity index (χ4v) is 3.30. The van der Waals surface area contributed by atoms with Crippen molar-refractivity contribution < 1.29 is 12.8 Å². The molecule has 0 spiro atoms. The first-order valence-corrected chi connectivity index (χ1v) is 8.44. The maximum atomic E-state index is 11.2. The van der Waals surface area contributed by atoms with Gasteiger partial charge in [0.1, 0.15) is 9.97 Å². The van der Waals surface area contributed by atoms with E-state index in [-0.39, 0.29) is 28.2 Å². The third-order valence-electron chi connectivity index (χ3n) is 2.58. The summed E-state index contributed by atoms with van der Waals surface area (Å²) in [6, 6.07) is 6.89. The van der Waals surface area contributed by atoms with E-state index >= 15 is 0 Å². The molecule has 2 aromatic rings. The van der Waals surface area contributed by atoms with E-state index in [9.17, 15) is 8.42 Å². The molecule has 0 saturated carbocycles. The third kappa shape index (κ3) is 5.59. The quantitative estimate of drug-likeness (QED) is 0.359. The Morgan fingerprint density at radius 1 is 1.32 bits per heavy atom.